The number of anilines is 1. The lowest BCUT2D eigenvalue weighted by Gasteiger charge is -2.34. The van der Waals surface area contributed by atoms with Gasteiger partial charge in [0.2, 0.25) is 0 Å². The molecule has 0 bridgehead atoms. The number of hydrogen-bond acceptors (Lipinski definition) is 8. The van der Waals surface area contributed by atoms with Gasteiger partial charge in [-0.2, -0.15) is 28.6 Å². The van der Waals surface area contributed by atoms with Crippen LogP contribution in [0, 0.1) is 6.92 Å². The van der Waals surface area contributed by atoms with Gasteiger partial charge in [-0.25, -0.2) is 4.68 Å². The molecule has 0 aliphatic carbocycles. The Balaban J connectivity index is 0.00000289. The first-order valence-electron chi connectivity index (χ1n) is 12.2. The molecule has 2 fully saturated rings. The molecule has 0 amide bonds. The summed E-state index contributed by atoms with van der Waals surface area (Å²) >= 11 is 0. The van der Waals surface area contributed by atoms with Crippen molar-refractivity contribution >= 4 is 30.2 Å². The number of nitrogens with zero attached hydrogens (tertiary/aromatic N) is 6. The van der Waals surface area contributed by atoms with Gasteiger partial charge in [-0.05, 0) is 69.0 Å². The van der Waals surface area contributed by atoms with Crippen LogP contribution in [0.2, 0.25) is 0 Å². The Morgan fingerprint density at radius 2 is 1.89 bits per heavy atom. The minimum atomic E-state index is 0. The van der Waals surface area contributed by atoms with E-state index in [1.807, 2.05) is 16.9 Å². The SMILES string of the molecule is COc1nc(N2CCOC[C@@H]2C)cc(-n2ncc3cc(C)c(C4CCN(CCO)CC4)cc32)n1.S. The number of methoxy groups -OCH3 is 1. The number of morpholine rings is 1. The van der Waals surface area contributed by atoms with Gasteiger partial charge in [-0.15, -0.1) is 0 Å². The van der Waals surface area contributed by atoms with E-state index in [0.29, 0.717) is 31.0 Å². The van der Waals surface area contributed by atoms with Crippen LogP contribution in [0.3, 0.4) is 0 Å². The van der Waals surface area contributed by atoms with E-state index in [1.165, 1.54) is 11.1 Å². The number of aryl methyl sites for hydroxylation is 1. The Hall–Kier alpha value is -2.40. The molecule has 0 spiro atoms. The molecule has 10 heteroatoms. The Morgan fingerprint density at radius 1 is 1.11 bits per heavy atom. The number of fused-ring (bicyclic) bond motifs is 1. The van der Waals surface area contributed by atoms with E-state index in [9.17, 15) is 5.11 Å². The highest BCUT2D eigenvalue weighted by atomic mass is 32.1. The Kier molecular flexibility index (Phi) is 8.16. The van der Waals surface area contributed by atoms with E-state index in [4.69, 9.17) is 14.6 Å². The van der Waals surface area contributed by atoms with Crippen LogP contribution in [-0.2, 0) is 4.74 Å². The quantitative estimate of drug-likeness (QED) is 0.553. The topological polar surface area (TPSA) is 88.8 Å². The van der Waals surface area contributed by atoms with Crippen LogP contribution in [0.5, 0.6) is 6.01 Å². The summed E-state index contributed by atoms with van der Waals surface area (Å²) in [6, 6.07) is 7.07. The number of likely N-dealkylation sites (tertiary alicyclic amines) is 1. The van der Waals surface area contributed by atoms with Crippen molar-refractivity contribution in [3.05, 3.63) is 35.5 Å². The van der Waals surface area contributed by atoms with E-state index in [1.54, 1.807) is 7.11 Å². The average Bonchev–Trinajstić information content (AvgIpc) is 3.27. The molecule has 0 unspecified atom stereocenters. The minimum absolute atomic E-state index is 0. The third kappa shape index (κ3) is 5.25. The summed E-state index contributed by atoms with van der Waals surface area (Å²) in [5.41, 5.74) is 3.72. The fourth-order valence-corrected chi connectivity index (χ4v) is 5.25. The minimum Gasteiger partial charge on any atom is -0.467 e. The summed E-state index contributed by atoms with van der Waals surface area (Å²) in [5.74, 6) is 2.03. The van der Waals surface area contributed by atoms with Crippen LogP contribution in [0.15, 0.2) is 24.4 Å². The van der Waals surface area contributed by atoms with Gasteiger partial charge in [0, 0.05) is 24.5 Å². The standard InChI is InChI=1S/C25H34N6O3.H2S/c1-17-12-20-15-26-31(22(20)13-21(17)19-4-6-29(7-5-19)8-10-32)24-14-23(27-25(28-24)33-3)30-9-11-34-16-18(30)2;/h12-15,18-19,32H,4-11,16H2,1-3H3;1H2/t18-;/m0./s1. The summed E-state index contributed by atoms with van der Waals surface area (Å²) in [7, 11) is 1.59. The predicted molar refractivity (Wildman–Crippen MR) is 141 cm³/mol. The molecular weight excluding hydrogens is 464 g/mol. The van der Waals surface area contributed by atoms with Crippen molar-refractivity contribution in [3.63, 3.8) is 0 Å². The number of rotatable bonds is 6. The molecule has 2 aliphatic rings. The second-order valence-corrected chi connectivity index (χ2v) is 9.35. The number of hydrogen-bond donors (Lipinski definition) is 1. The molecule has 190 valence electrons. The summed E-state index contributed by atoms with van der Waals surface area (Å²) in [6.45, 7) is 9.48. The highest BCUT2D eigenvalue weighted by molar-refractivity contribution is 7.59. The maximum Gasteiger partial charge on any atom is 0.320 e. The third-order valence-corrected chi connectivity index (χ3v) is 7.14. The van der Waals surface area contributed by atoms with Crippen molar-refractivity contribution in [2.75, 3.05) is 58.0 Å². The molecule has 0 saturated carbocycles. The van der Waals surface area contributed by atoms with E-state index in [-0.39, 0.29) is 26.1 Å². The van der Waals surface area contributed by atoms with Crippen molar-refractivity contribution in [1.29, 1.82) is 0 Å². The van der Waals surface area contributed by atoms with Crippen LogP contribution in [-0.4, -0.2) is 88.9 Å². The highest BCUT2D eigenvalue weighted by Crippen LogP contribution is 2.34. The second-order valence-electron chi connectivity index (χ2n) is 9.35. The lowest BCUT2D eigenvalue weighted by atomic mass is 9.86. The van der Waals surface area contributed by atoms with Gasteiger partial charge < -0.3 is 24.4 Å². The number of benzene rings is 1. The lowest BCUT2D eigenvalue weighted by molar-refractivity contribution is 0.0984. The van der Waals surface area contributed by atoms with Crippen LogP contribution in [0.4, 0.5) is 5.82 Å². The molecule has 0 radical (unpaired) electrons. The van der Waals surface area contributed by atoms with Gasteiger partial charge >= 0.3 is 6.01 Å². The molecule has 2 aromatic heterocycles. The molecule has 3 aromatic rings. The van der Waals surface area contributed by atoms with Gasteiger partial charge in [-0.1, -0.05) is 0 Å². The molecule has 5 rings (SSSR count). The highest BCUT2D eigenvalue weighted by Gasteiger charge is 2.24. The Morgan fingerprint density at radius 3 is 2.60 bits per heavy atom. The zero-order chi connectivity index (χ0) is 23.7. The summed E-state index contributed by atoms with van der Waals surface area (Å²) < 4.78 is 13.0. The largest absolute Gasteiger partial charge is 0.467 e. The molecule has 1 atom stereocenters. The van der Waals surface area contributed by atoms with Gasteiger partial charge in [0.25, 0.3) is 0 Å². The molecule has 4 heterocycles. The fraction of sp³-hybridized carbons (Fsp3) is 0.560. The van der Waals surface area contributed by atoms with Gasteiger partial charge in [0.1, 0.15) is 5.82 Å². The van der Waals surface area contributed by atoms with E-state index in [0.717, 1.165) is 55.7 Å². The van der Waals surface area contributed by atoms with Crippen molar-refractivity contribution in [3.8, 4) is 11.8 Å². The molecule has 35 heavy (non-hydrogen) atoms. The summed E-state index contributed by atoms with van der Waals surface area (Å²) in [5, 5.41) is 15.1. The fourth-order valence-electron chi connectivity index (χ4n) is 5.25. The maximum absolute atomic E-state index is 9.25. The lowest BCUT2D eigenvalue weighted by Crippen LogP contribution is -2.44. The van der Waals surface area contributed by atoms with Crippen LogP contribution in [0.25, 0.3) is 16.7 Å². The first-order valence-corrected chi connectivity index (χ1v) is 12.2. The van der Waals surface area contributed by atoms with E-state index >= 15 is 0 Å². The van der Waals surface area contributed by atoms with Crippen LogP contribution >= 0.6 is 13.5 Å². The monoisotopic (exact) mass is 500 g/mol. The number of ether oxygens (including phenoxy) is 2. The van der Waals surface area contributed by atoms with Crippen molar-refractivity contribution in [2.45, 2.75) is 38.6 Å². The molecule has 2 saturated heterocycles. The number of piperidine rings is 1. The Bertz CT molecular complexity index is 1150. The number of β-amino-alcohol motifs (C(OH)–C–C–N with tert-alkyl or cyclic N) is 1. The molecule has 1 N–H and O–H groups in total. The van der Waals surface area contributed by atoms with Crippen molar-refractivity contribution < 1.29 is 14.6 Å². The zero-order valence-corrected chi connectivity index (χ0v) is 21.8. The number of aliphatic hydroxyl groups is 1. The normalized spacial score (nSPS) is 19.7. The van der Waals surface area contributed by atoms with Crippen LogP contribution in [0.1, 0.15) is 36.8 Å². The smallest absolute Gasteiger partial charge is 0.320 e. The van der Waals surface area contributed by atoms with E-state index < -0.39 is 0 Å². The summed E-state index contributed by atoms with van der Waals surface area (Å²) in [6.07, 6.45) is 4.10. The predicted octanol–water partition coefficient (Wildman–Crippen LogP) is 2.64. The van der Waals surface area contributed by atoms with E-state index in [2.05, 4.69) is 45.7 Å². The maximum atomic E-state index is 9.25. The molecule has 1 aromatic carbocycles. The zero-order valence-electron chi connectivity index (χ0n) is 20.8. The first-order chi connectivity index (χ1) is 16.6. The van der Waals surface area contributed by atoms with Crippen molar-refractivity contribution in [2.24, 2.45) is 0 Å². The van der Waals surface area contributed by atoms with Gasteiger partial charge in [0.15, 0.2) is 5.82 Å². The molecule has 2 aliphatic heterocycles. The summed E-state index contributed by atoms with van der Waals surface area (Å²) in [4.78, 5) is 13.8. The molecule has 9 nitrogen and oxygen atoms in total. The number of aliphatic hydroxyl groups excluding tert-OH is 1. The third-order valence-electron chi connectivity index (χ3n) is 7.14. The second kappa shape index (κ2) is 11.1. The van der Waals surface area contributed by atoms with Gasteiger partial charge in [0.05, 0.1) is 44.7 Å². The van der Waals surface area contributed by atoms with Crippen LogP contribution < -0.4 is 9.64 Å². The van der Waals surface area contributed by atoms with Gasteiger partial charge in [-0.3, -0.25) is 0 Å². The first kappa shape index (κ1) is 25.7. The van der Waals surface area contributed by atoms with Crippen molar-refractivity contribution in [1.82, 2.24) is 24.6 Å². The average molecular weight is 501 g/mol. The Labute approximate surface area is 213 Å². The molecular formula is C25H36N6O3S. The number of aromatic nitrogens is 4.